The fourth-order valence-electron chi connectivity index (χ4n) is 1.67. The molecule has 0 aliphatic carbocycles. The van der Waals surface area contributed by atoms with Gasteiger partial charge in [0, 0.05) is 21.9 Å². The summed E-state index contributed by atoms with van der Waals surface area (Å²) in [4.78, 5) is 13.2. The molecule has 1 aromatic heterocycles. The smallest absolute Gasteiger partial charge is 0.172 e. The van der Waals surface area contributed by atoms with E-state index in [1.807, 2.05) is 6.92 Å². The Bertz CT molecular complexity index is 577. The molecule has 0 saturated carbocycles. The number of rotatable bonds is 4. The number of carbonyl (C=O) groups excluding carboxylic acids is 1. The largest absolute Gasteiger partial charge is 0.293 e. The van der Waals surface area contributed by atoms with E-state index < -0.39 is 0 Å². The second-order valence-electron chi connectivity index (χ2n) is 3.96. The van der Waals surface area contributed by atoms with Crippen LogP contribution in [-0.2, 0) is 0 Å². The summed E-state index contributed by atoms with van der Waals surface area (Å²) in [5.74, 6) is -0.248. The van der Waals surface area contributed by atoms with E-state index in [1.54, 1.807) is 24.3 Å². The number of hydrogen-bond acceptors (Lipinski definition) is 2. The van der Waals surface area contributed by atoms with Crippen molar-refractivity contribution in [3.63, 3.8) is 0 Å². The van der Waals surface area contributed by atoms with Crippen molar-refractivity contribution in [1.29, 1.82) is 0 Å². The van der Waals surface area contributed by atoms with Crippen LogP contribution >= 0.6 is 22.9 Å². The van der Waals surface area contributed by atoms with E-state index in [0.29, 0.717) is 21.9 Å². The van der Waals surface area contributed by atoms with E-state index in [-0.39, 0.29) is 11.6 Å². The molecule has 0 unspecified atom stereocenters. The maximum atomic E-state index is 13.7. The molecule has 1 aromatic carbocycles. The van der Waals surface area contributed by atoms with Gasteiger partial charge in [0.15, 0.2) is 5.78 Å². The summed E-state index contributed by atoms with van der Waals surface area (Å²) in [5, 5.41) is 0.370. The van der Waals surface area contributed by atoms with Crippen molar-refractivity contribution in [3.05, 3.63) is 46.0 Å². The molecule has 0 radical (unpaired) electrons. The Kier molecular flexibility index (Phi) is 4.15. The number of benzene rings is 1. The van der Waals surface area contributed by atoms with E-state index >= 15 is 0 Å². The van der Waals surface area contributed by atoms with Crippen molar-refractivity contribution in [1.82, 2.24) is 0 Å². The van der Waals surface area contributed by atoms with Crippen LogP contribution in [0.4, 0.5) is 4.39 Å². The van der Waals surface area contributed by atoms with Crippen LogP contribution in [0.5, 0.6) is 0 Å². The Balaban J connectivity index is 2.32. The van der Waals surface area contributed by atoms with E-state index in [2.05, 4.69) is 0 Å². The molecule has 94 valence electrons. The van der Waals surface area contributed by atoms with Gasteiger partial charge in [0.25, 0.3) is 0 Å². The van der Waals surface area contributed by atoms with Crippen molar-refractivity contribution >= 4 is 28.7 Å². The minimum Gasteiger partial charge on any atom is -0.293 e. The quantitative estimate of drug-likeness (QED) is 0.705. The highest BCUT2D eigenvalue weighted by Crippen LogP contribution is 2.32. The Labute approximate surface area is 114 Å². The SMILES string of the molecule is CCCC(=O)c1ccc(-c2ccc(Cl)cc2F)s1. The first-order chi connectivity index (χ1) is 8.61. The van der Waals surface area contributed by atoms with Gasteiger partial charge in [-0.05, 0) is 36.8 Å². The summed E-state index contributed by atoms with van der Waals surface area (Å²) in [7, 11) is 0. The van der Waals surface area contributed by atoms with Gasteiger partial charge in [-0.1, -0.05) is 18.5 Å². The van der Waals surface area contributed by atoms with Crippen molar-refractivity contribution in [2.24, 2.45) is 0 Å². The summed E-state index contributed by atoms with van der Waals surface area (Å²) in [6, 6.07) is 8.10. The molecule has 0 N–H and O–H groups in total. The zero-order valence-corrected chi connectivity index (χ0v) is 11.4. The zero-order valence-electron chi connectivity index (χ0n) is 9.87. The Morgan fingerprint density at radius 3 is 2.78 bits per heavy atom. The van der Waals surface area contributed by atoms with Gasteiger partial charge in [0.1, 0.15) is 5.82 Å². The molecule has 0 aliphatic heterocycles. The lowest BCUT2D eigenvalue weighted by molar-refractivity contribution is 0.0985. The lowest BCUT2D eigenvalue weighted by Crippen LogP contribution is -1.93. The maximum Gasteiger partial charge on any atom is 0.172 e. The first kappa shape index (κ1) is 13.2. The highest BCUT2D eigenvalue weighted by molar-refractivity contribution is 7.17. The lowest BCUT2D eigenvalue weighted by Gasteiger charge is -2.00. The minimum atomic E-state index is -0.362. The van der Waals surface area contributed by atoms with Crippen molar-refractivity contribution < 1.29 is 9.18 Å². The number of halogens is 2. The van der Waals surface area contributed by atoms with E-state index in [1.165, 1.54) is 17.4 Å². The Morgan fingerprint density at radius 1 is 1.33 bits per heavy atom. The first-order valence-electron chi connectivity index (χ1n) is 5.70. The molecule has 18 heavy (non-hydrogen) atoms. The van der Waals surface area contributed by atoms with Crippen molar-refractivity contribution in [2.75, 3.05) is 0 Å². The normalized spacial score (nSPS) is 10.6. The van der Waals surface area contributed by atoms with Gasteiger partial charge in [0.2, 0.25) is 0 Å². The maximum absolute atomic E-state index is 13.7. The summed E-state index contributed by atoms with van der Waals surface area (Å²) in [5.41, 5.74) is 0.486. The summed E-state index contributed by atoms with van der Waals surface area (Å²) in [6.45, 7) is 1.96. The van der Waals surface area contributed by atoms with Gasteiger partial charge in [-0.15, -0.1) is 11.3 Å². The standard InChI is InChI=1S/C14H12ClFOS/c1-2-3-12(17)14-7-6-13(18-14)10-5-4-9(15)8-11(10)16/h4-8H,2-3H2,1H3. The summed E-state index contributed by atoms with van der Waals surface area (Å²) in [6.07, 6.45) is 1.35. The minimum absolute atomic E-state index is 0.114. The van der Waals surface area contributed by atoms with Gasteiger partial charge in [-0.2, -0.15) is 0 Å². The molecule has 2 aromatic rings. The van der Waals surface area contributed by atoms with Gasteiger partial charge in [-0.3, -0.25) is 4.79 Å². The van der Waals surface area contributed by atoms with Gasteiger partial charge in [0.05, 0.1) is 4.88 Å². The third-order valence-electron chi connectivity index (χ3n) is 2.55. The number of hydrogen-bond donors (Lipinski definition) is 0. The molecule has 0 bridgehead atoms. The number of ketones is 1. The summed E-state index contributed by atoms with van der Waals surface area (Å²) < 4.78 is 13.7. The second kappa shape index (κ2) is 5.63. The molecular formula is C14H12ClFOS. The van der Waals surface area contributed by atoms with Crippen LogP contribution < -0.4 is 0 Å². The molecule has 0 saturated heterocycles. The van der Waals surface area contributed by atoms with Crippen LogP contribution in [0.15, 0.2) is 30.3 Å². The van der Waals surface area contributed by atoms with Gasteiger partial charge >= 0.3 is 0 Å². The molecular weight excluding hydrogens is 271 g/mol. The van der Waals surface area contributed by atoms with E-state index in [0.717, 1.165) is 11.3 Å². The van der Waals surface area contributed by atoms with E-state index in [9.17, 15) is 9.18 Å². The predicted molar refractivity (Wildman–Crippen MR) is 74.0 cm³/mol. The van der Waals surface area contributed by atoms with Crippen LogP contribution in [0, 0.1) is 5.82 Å². The zero-order chi connectivity index (χ0) is 13.1. The molecule has 0 amide bonds. The van der Waals surface area contributed by atoms with Crippen molar-refractivity contribution in [3.8, 4) is 10.4 Å². The first-order valence-corrected chi connectivity index (χ1v) is 6.89. The van der Waals surface area contributed by atoms with Gasteiger partial charge in [-0.25, -0.2) is 4.39 Å². The monoisotopic (exact) mass is 282 g/mol. The average Bonchev–Trinajstić information content (AvgIpc) is 2.78. The fraction of sp³-hybridized carbons (Fsp3) is 0.214. The lowest BCUT2D eigenvalue weighted by atomic mass is 10.1. The van der Waals surface area contributed by atoms with Crippen LogP contribution in [0.3, 0.4) is 0 Å². The molecule has 0 spiro atoms. The molecule has 1 nitrogen and oxygen atoms in total. The van der Waals surface area contributed by atoms with Crippen molar-refractivity contribution in [2.45, 2.75) is 19.8 Å². The average molecular weight is 283 g/mol. The highest BCUT2D eigenvalue weighted by atomic mass is 35.5. The molecule has 0 aliphatic rings. The third kappa shape index (κ3) is 2.79. The molecule has 0 atom stereocenters. The van der Waals surface area contributed by atoms with E-state index in [4.69, 9.17) is 11.6 Å². The molecule has 2 rings (SSSR count). The van der Waals surface area contributed by atoms with Crippen LogP contribution in [-0.4, -0.2) is 5.78 Å². The Morgan fingerprint density at radius 2 is 2.11 bits per heavy atom. The summed E-state index contributed by atoms with van der Waals surface area (Å²) >= 11 is 7.03. The molecule has 0 fully saturated rings. The number of thiophene rings is 1. The number of Topliss-reactive ketones (excluding diaryl/α,β-unsaturated/α-hetero) is 1. The fourth-order valence-corrected chi connectivity index (χ4v) is 2.83. The van der Waals surface area contributed by atoms with Crippen LogP contribution in [0.2, 0.25) is 5.02 Å². The van der Waals surface area contributed by atoms with Crippen LogP contribution in [0.25, 0.3) is 10.4 Å². The topological polar surface area (TPSA) is 17.1 Å². The predicted octanol–water partition coefficient (Wildman–Crippen LogP) is 5.19. The second-order valence-corrected chi connectivity index (χ2v) is 5.48. The van der Waals surface area contributed by atoms with Crippen LogP contribution in [0.1, 0.15) is 29.4 Å². The molecule has 4 heteroatoms. The third-order valence-corrected chi connectivity index (χ3v) is 3.95. The Hall–Kier alpha value is -1.19. The van der Waals surface area contributed by atoms with Gasteiger partial charge < -0.3 is 0 Å². The molecule has 1 heterocycles. The highest BCUT2D eigenvalue weighted by Gasteiger charge is 2.12. The number of carbonyl (C=O) groups is 1.